The minimum atomic E-state index is -3.50. The van der Waals surface area contributed by atoms with E-state index in [-0.39, 0.29) is 5.91 Å². The third-order valence-electron chi connectivity index (χ3n) is 4.70. The molecule has 2 aromatic rings. The van der Waals surface area contributed by atoms with Crippen LogP contribution in [0.15, 0.2) is 60.0 Å². The van der Waals surface area contributed by atoms with Gasteiger partial charge in [0.2, 0.25) is 15.9 Å². The average molecular weight is 401 g/mol. The van der Waals surface area contributed by atoms with E-state index >= 15 is 0 Å². The second-order valence-electron chi connectivity index (χ2n) is 6.56. The maximum absolute atomic E-state index is 12.5. The number of sulfonamides is 1. The smallest absolute Gasteiger partial charge is 0.236 e. The van der Waals surface area contributed by atoms with E-state index in [1.165, 1.54) is 9.71 Å². The molecule has 148 valence electrons. The second kappa shape index (κ2) is 9.03. The van der Waals surface area contributed by atoms with Gasteiger partial charge in [-0.1, -0.05) is 42.5 Å². The van der Waals surface area contributed by atoms with Crippen LogP contribution in [0.5, 0.6) is 5.75 Å². The van der Waals surface area contributed by atoms with E-state index in [2.05, 4.69) is 0 Å². The molecule has 2 aromatic carbocycles. The Bertz CT molecular complexity index is 917. The van der Waals surface area contributed by atoms with E-state index in [0.29, 0.717) is 32.6 Å². The summed E-state index contributed by atoms with van der Waals surface area (Å²) in [6, 6.07) is 16.7. The first-order valence-corrected chi connectivity index (χ1v) is 10.6. The average Bonchev–Trinajstić information content (AvgIpc) is 2.74. The summed E-state index contributed by atoms with van der Waals surface area (Å²) in [5.41, 5.74) is 1.74. The molecule has 7 heteroatoms. The van der Waals surface area contributed by atoms with Gasteiger partial charge in [-0.05, 0) is 29.3 Å². The van der Waals surface area contributed by atoms with Crippen LogP contribution in [0.4, 0.5) is 0 Å². The lowest BCUT2D eigenvalue weighted by Crippen LogP contribution is -2.50. The van der Waals surface area contributed by atoms with E-state index in [9.17, 15) is 13.2 Å². The highest BCUT2D eigenvalue weighted by atomic mass is 32.2. The summed E-state index contributed by atoms with van der Waals surface area (Å²) < 4.78 is 31.6. The van der Waals surface area contributed by atoms with Gasteiger partial charge < -0.3 is 9.64 Å². The SMILES string of the molecule is COc1ccc(CC(=O)N2CCN(S(=O)(=O)C=Cc3ccccc3)CC2)cc1. The zero-order valence-electron chi connectivity index (χ0n) is 15.8. The molecule has 0 atom stereocenters. The highest BCUT2D eigenvalue weighted by Crippen LogP contribution is 2.15. The minimum Gasteiger partial charge on any atom is -0.497 e. The van der Waals surface area contributed by atoms with Crippen molar-refractivity contribution in [1.82, 2.24) is 9.21 Å². The second-order valence-corrected chi connectivity index (χ2v) is 8.38. The Morgan fingerprint density at radius 1 is 1.00 bits per heavy atom. The van der Waals surface area contributed by atoms with Crippen molar-refractivity contribution < 1.29 is 17.9 Å². The first-order chi connectivity index (χ1) is 13.5. The molecule has 1 heterocycles. The molecule has 28 heavy (non-hydrogen) atoms. The van der Waals surface area contributed by atoms with Gasteiger partial charge >= 0.3 is 0 Å². The molecule has 3 rings (SSSR count). The van der Waals surface area contributed by atoms with Gasteiger partial charge in [0.25, 0.3) is 0 Å². The Morgan fingerprint density at radius 2 is 1.64 bits per heavy atom. The summed E-state index contributed by atoms with van der Waals surface area (Å²) in [4.78, 5) is 14.2. The Hall–Kier alpha value is -2.64. The molecule has 1 aliphatic heterocycles. The quantitative estimate of drug-likeness (QED) is 0.747. The van der Waals surface area contributed by atoms with Gasteiger partial charge in [0.1, 0.15) is 5.75 Å². The maximum Gasteiger partial charge on any atom is 0.236 e. The van der Waals surface area contributed by atoms with Crippen LogP contribution >= 0.6 is 0 Å². The maximum atomic E-state index is 12.5. The lowest BCUT2D eigenvalue weighted by Gasteiger charge is -2.33. The molecule has 1 aliphatic rings. The summed E-state index contributed by atoms with van der Waals surface area (Å²) in [5.74, 6) is 0.751. The molecular formula is C21H24N2O4S. The van der Waals surface area contributed by atoms with E-state index in [0.717, 1.165) is 16.9 Å². The number of benzene rings is 2. The van der Waals surface area contributed by atoms with Crippen molar-refractivity contribution in [2.75, 3.05) is 33.3 Å². The predicted octanol–water partition coefficient (Wildman–Crippen LogP) is 2.38. The highest BCUT2D eigenvalue weighted by Gasteiger charge is 2.27. The monoisotopic (exact) mass is 400 g/mol. The van der Waals surface area contributed by atoms with Gasteiger partial charge in [0.05, 0.1) is 13.5 Å². The van der Waals surface area contributed by atoms with E-state index in [4.69, 9.17) is 4.74 Å². The minimum absolute atomic E-state index is 0.00189. The largest absolute Gasteiger partial charge is 0.497 e. The Balaban J connectivity index is 1.54. The molecule has 1 amide bonds. The Kier molecular flexibility index (Phi) is 6.49. The molecule has 1 saturated heterocycles. The van der Waals surface area contributed by atoms with Crippen LogP contribution in [0.1, 0.15) is 11.1 Å². The summed E-state index contributed by atoms with van der Waals surface area (Å²) in [6.45, 7) is 1.40. The Labute approximate surface area is 166 Å². The predicted molar refractivity (Wildman–Crippen MR) is 109 cm³/mol. The van der Waals surface area contributed by atoms with Gasteiger partial charge in [-0.15, -0.1) is 0 Å². The zero-order valence-corrected chi connectivity index (χ0v) is 16.6. The molecule has 0 spiro atoms. The van der Waals surface area contributed by atoms with E-state index in [1.807, 2.05) is 54.6 Å². The van der Waals surface area contributed by atoms with Crippen molar-refractivity contribution in [2.24, 2.45) is 0 Å². The number of ether oxygens (including phenoxy) is 1. The molecule has 0 unspecified atom stereocenters. The van der Waals surface area contributed by atoms with Gasteiger partial charge in [0.15, 0.2) is 0 Å². The van der Waals surface area contributed by atoms with Gasteiger partial charge in [-0.2, -0.15) is 4.31 Å². The van der Waals surface area contributed by atoms with Crippen molar-refractivity contribution >= 4 is 22.0 Å². The van der Waals surface area contributed by atoms with Crippen LogP contribution in [0.25, 0.3) is 6.08 Å². The summed E-state index contributed by atoms with van der Waals surface area (Å²) in [5, 5.41) is 1.23. The molecule has 6 nitrogen and oxygen atoms in total. The van der Waals surface area contributed by atoms with Crippen molar-refractivity contribution in [3.8, 4) is 5.75 Å². The standard InChI is InChI=1S/C21H24N2O4S/c1-27-20-9-7-19(8-10-20)17-21(24)22-12-14-23(15-13-22)28(25,26)16-11-18-5-3-2-4-6-18/h2-11,16H,12-15,17H2,1H3. The van der Waals surface area contributed by atoms with Crippen molar-refractivity contribution in [2.45, 2.75) is 6.42 Å². The number of amides is 1. The highest BCUT2D eigenvalue weighted by molar-refractivity contribution is 7.92. The third-order valence-corrected chi connectivity index (χ3v) is 6.26. The molecule has 0 aromatic heterocycles. The number of carbonyl (C=O) groups excluding carboxylic acids is 1. The van der Waals surface area contributed by atoms with Gasteiger partial charge in [-0.3, -0.25) is 4.79 Å². The number of nitrogens with zero attached hydrogens (tertiary/aromatic N) is 2. The summed E-state index contributed by atoms with van der Waals surface area (Å²) in [6.07, 6.45) is 1.89. The molecule has 0 N–H and O–H groups in total. The first-order valence-electron chi connectivity index (χ1n) is 9.12. The number of piperazine rings is 1. The molecule has 0 radical (unpaired) electrons. The van der Waals surface area contributed by atoms with Crippen LogP contribution < -0.4 is 4.74 Å². The fourth-order valence-electron chi connectivity index (χ4n) is 3.04. The third kappa shape index (κ3) is 5.21. The topological polar surface area (TPSA) is 66.9 Å². The van der Waals surface area contributed by atoms with Crippen molar-refractivity contribution in [3.05, 3.63) is 71.1 Å². The number of carbonyl (C=O) groups is 1. The fraction of sp³-hybridized carbons (Fsp3) is 0.286. The van der Waals surface area contributed by atoms with Crippen LogP contribution in [-0.4, -0.2) is 56.8 Å². The van der Waals surface area contributed by atoms with Crippen LogP contribution in [0.2, 0.25) is 0 Å². The molecule has 0 bridgehead atoms. The molecule has 0 aliphatic carbocycles. The lowest BCUT2D eigenvalue weighted by molar-refractivity contribution is -0.131. The van der Waals surface area contributed by atoms with Crippen LogP contribution in [0.3, 0.4) is 0 Å². The van der Waals surface area contributed by atoms with E-state index < -0.39 is 10.0 Å². The zero-order chi connectivity index (χ0) is 20.0. The first kappa shape index (κ1) is 20.1. The van der Waals surface area contributed by atoms with Crippen molar-refractivity contribution in [1.29, 1.82) is 0 Å². The molecule has 0 saturated carbocycles. The van der Waals surface area contributed by atoms with Crippen molar-refractivity contribution in [3.63, 3.8) is 0 Å². The van der Waals surface area contributed by atoms with Gasteiger partial charge in [-0.25, -0.2) is 8.42 Å². The molecular weight excluding hydrogens is 376 g/mol. The number of hydrogen-bond acceptors (Lipinski definition) is 4. The number of rotatable bonds is 6. The Morgan fingerprint density at radius 3 is 2.25 bits per heavy atom. The number of methoxy groups -OCH3 is 1. The summed E-state index contributed by atoms with van der Waals surface area (Å²) in [7, 11) is -1.90. The number of hydrogen-bond donors (Lipinski definition) is 0. The normalized spacial score (nSPS) is 15.7. The fourth-order valence-corrected chi connectivity index (χ4v) is 4.21. The van der Waals surface area contributed by atoms with Gasteiger partial charge in [0, 0.05) is 31.6 Å². The summed E-state index contributed by atoms with van der Waals surface area (Å²) >= 11 is 0. The van der Waals surface area contributed by atoms with Crippen LogP contribution in [0, 0.1) is 0 Å². The molecule has 1 fully saturated rings. The van der Waals surface area contributed by atoms with Crippen LogP contribution in [-0.2, 0) is 21.2 Å². The van der Waals surface area contributed by atoms with E-state index in [1.54, 1.807) is 18.1 Å². The lowest BCUT2D eigenvalue weighted by atomic mass is 10.1.